The van der Waals surface area contributed by atoms with Crippen molar-refractivity contribution in [2.24, 2.45) is 5.84 Å². The van der Waals surface area contributed by atoms with Crippen molar-refractivity contribution in [2.75, 3.05) is 43.6 Å². The number of hydrogen-bond donors (Lipinski definition) is 2. The Balaban J connectivity index is 2.13. The number of hydrogen-bond acceptors (Lipinski definition) is 8. The molecule has 20 heavy (non-hydrogen) atoms. The molecule has 1 fully saturated rings. The summed E-state index contributed by atoms with van der Waals surface area (Å²) in [6.45, 7) is 8.34. The molecule has 0 spiro atoms. The first-order valence-corrected chi connectivity index (χ1v) is 6.97. The highest BCUT2D eigenvalue weighted by atomic mass is 16.5. The maximum absolute atomic E-state index is 5.37. The van der Waals surface area contributed by atoms with Crippen molar-refractivity contribution in [1.82, 2.24) is 19.9 Å². The van der Waals surface area contributed by atoms with Gasteiger partial charge >= 0.3 is 6.01 Å². The van der Waals surface area contributed by atoms with Crippen LogP contribution in [0.15, 0.2) is 0 Å². The fourth-order valence-electron chi connectivity index (χ4n) is 2.60. The lowest BCUT2D eigenvalue weighted by atomic mass is 10.2. The molecule has 2 heterocycles. The van der Waals surface area contributed by atoms with Gasteiger partial charge in [0, 0.05) is 19.1 Å². The Morgan fingerprint density at radius 2 is 2.10 bits per heavy atom. The molecule has 3 N–H and O–H groups in total. The Labute approximate surface area is 119 Å². The van der Waals surface area contributed by atoms with Crippen molar-refractivity contribution in [1.29, 1.82) is 0 Å². The summed E-state index contributed by atoms with van der Waals surface area (Å²) >= 11 is 0. The predicted molar refractivity (Wildman–Crippen MR) is 77.7 cm³/mol. The Bertz CT molecular complexity index is 416. The lowest BCUT2D eigenvalue weighted by molar-refractivity contribution is 0.232. The van der Waals surface area contributed by atoms with Crippen LogP contribution in [-0.2, 0) is 0 Å². The molecule has 1 aliphatic heterocycles. The average molecular weight is 281 g/mol. The zero-order valence-electron chi connectivity index (χ0n) is 12.3. The van der Waals surface area contributed by atoms with Crippen LogP contribution in [0.2, 0.25) is 0 Å². The SMILES string of the molecule is CCN(CC)C1CCN(c2nc(NN)nc(OC)n2)C1. The summed E-state index contributed by atoms with van der Waals surface area (Å²) in [5, 5.41) is 0. The standard InChI is InChI=1S/C12H23N7O/c1-4-18(5-2)9-6-7-19(8-9)11-14-10(17-13)15-12(16-11)20-3/h9H,4-8,13H2,1-3H3,(H,14,15,16,17). The van der Waals surface area contributed by atoms with Gasteiger partial charge in [0.25, 0.3) is 0 Å². The maximum atomic E-state index is 5.37. The van der Waals surface area contributed by atoms with E-state index in [0.29, 0.717) is 17.9 Å². The summed E-state index contributed by atoms with van der Waals surface area (Å²) < 4.78 is 5.08. The molecule has 1 aromatic heterocycles. The number of likely N-dealkylation sites (N-methyl/N-ethyl adjacent to an activating group) is 1. The third-order valence-electron chi connectivity index (χ3n) is 3.69. The number of hydrazine groups is 1. The Morgan fingerprint density at radius 3 is 2.70 bits per heavy atom. The van der Waals surface area contributed by atoms with Crippen LogP contribution in [0.25, 0.3) is 0 Å². The number of nitrogens with one attached hydrogen (secondary N) is 1. The van der Waals surface area contributed by atoms with Gasteiger partial charge in [-0.2, -0.15) is 15.0 Å². The summed E-state index contributed by atoms with van der Waals surface area (Å²) in [7, 11) is 1.53. The lowest BCUT2D eigenvalue weighted by Gasteiger charge is -2.26. The van der Waals surface area contributed by atoms with E-state index in [-0.39, 0.29) is 6.01 Å². The minimum absolute atomic E-state index is 0.272. The van der Waals surface area contributed by atoms with Crippen LogP contribution in [0.5, 0.6) is 6.01 Å². The number of aromatic nitrogens is 3. The molecule has 1 aliphatic rings. The zero-order chi connectivity index (χ0) is 14.5. The van der Waals surface area contributed by atoms with Crippen LogP contribution < -0.4 is 20.9 Å². The molecule has 0 saturated carbocycles. The Hall–Kier alpha value is -1.67. The van der Waals surface area contributed by atoms with Gasteiger partial charge < -0.3 is 9.64 Å². The fraction of sp³-hybridized carbons (Fsp3) is 0.750. The zero-order valence-corrected chi connectivity index (χ0v) is 12.3. The van der Waals surface area contributed by atoms with E-state index in [0.717, 1.165) is 32.6 Å². The number of nitrogens with two attached hydrogens (primary N) is 1. The third-order valence-corrected chi connectivity index (χ3v) is 3.69. The summed E-state index contributed by atoms with van der Waals surface area (Å²) in [6.07, 6.45) is 1.11. The van der Waals surface area contributed by atoms with Crippen LogP contribution in [-0.4, -0.2) is 59.2 Å². The molecule has 1 unspecified atom stereocenters. The lowest BCUT2D eigenvalue weighted by Crippen LogP contribution is -2.37. The van der Waals surface area contributed by atoms with E-state index in [4.69, 9.17) is 10.6 Å². The molecule has 0 bridgehead atoms. The molecule has 8 nitrogen and oxygen atoms in total. The van der Waals surface area contributed by atoms with Crippen molar-refractivity contribution in [2.45, 2.75) is 26.3 Å². The van der Waals surface area contributed by atoms with Crippen molar-refractivity contribution in [3.63, 3.8) is 0 Å². The van der Waals surface area contributed by atoms with Gasteiger partial charge in [-0.15, -0.1) is 0 Å². The van der Waals surface area contributed by atoms with Gasteiger partial charge in [0.15, 0.2) is 0 Å². The molecule has 0 radical (unpaired) electrons. The molecule has 8 heteroatoms. The second kappa shape index (κ2) is 6.67. The van der Waals surface area contributed by atoms with Gasteiger partial charge in [0.1, 0.15) is 0 Å². The molecule has 1 aromatic rings. The number of rotatable bonds is 6. The number of ether oxygens (including phenoxy) is 1. The monoisotopic (exact) mass is 281 g/mol. The highest BCUT2D eigenvalue weighted by Gasteiger charge is 2.28. The smallest absolute Gasteiger partial charge is 0.322 e. The largest absolute Gasteiger partial charge is 0.467 e. The molecule has 0 amide bonds. The minimum atomic E-state index is 0.272. The molecule has 1 atom stereocenters. The third kappa shape index (κ3) is 3.07. The summed E-state index contributed by atoms with van der Waals surface area (Å²) in [5.74, 6) is 6.30. The Morgan fingerprint density at radius 1 is 1.35 bits per heavy atom. The quantitative estimate of drug-likeness (QED) is 0.560. The average Bonchev–Trinajstić information content (AvgIpc) is 2.97. The summed E-state index contributed by atoms with van der Waals surface area (Å²) in [5.41, 5.74) is 2.44. The van der Waals surface area contributed by atoms with Crippen LogP contribution in [0, 0.1) is 0 Å². The summed E-state index contributed by atoms with van der Waals surface area (Å²) in [4.78, 5) is 17.2. The van der Waals surface area contributed by atoms with Gasteiger partial charge in [0.05, 0.1) is 7.11 Å². The molecule has 2 rings (SSSR count). The second-order valence-electron chi connectivity index (χ2n) is 4.70. The van der Waals surface area contributed by atoms with Crippen LogP contribution >= 0.6 is 0 Å². The number of methoxy groups -OCH3 is 1. The van der Waals surface area contributed by atoms with Crippen molar-refractivity contribution in [3.05, 3.63) is 0 Å². The van der Waals surface area contributed by atoms with Gasteiger partial charge in [-0.05, 0) is 19.5 Å². The predicted octanol–water partition coefficient (Wildman–Crippen LogP) is 0.0863. The molecule has 0 aromatic carbocycles. The number of nitrogens with zero attached hydrogens (tertiary/aromatic N) is 5. The maximum Gasteiger partial charge on any atom is 0.322 e. The summed E-state index contributed by atoms with van der Waals surface area (Å²) in [6, 6.07) is 0.816. The number of anilines is 2. The second-order valence-corrected chi connectivity index (χ2v) is 4.70. The highest BCUT2D eigenvalue weighted by Crippen LogP contribution is 2.22. The van der Waals surface area contributed by atoms with Gasteiger partial charge in [-0.3, -0.25) is 10.3 Å². The molecule has 1 saturated heterocycles. The normalized spacial score (nSPS) is 18.6. The van der Waals surface area contributed by atoms with Gasteiger partial charge in [0.2, 0.25) is 11.9 Å². The Kier molecular flexibility index (Phi) is 4.91. The highest BCUT2D eigenvalue weighted by molar-refractivity contribution is 5.39. The van der Waals surface area contributed by atoms with Gasteiger partial charge in [-0.25, -0.2) is 5.84 Å². The van der Waals surface area contributed by atoms with E-state index in [1.165, 1.54) is 7.11 Å². The number of nitrogen functional groups attached to an aromatic ring is 1. The topological polar surface area (TPSA) is 92.4 Å². The van der Waals surface area contributed by atoms with Gasteiger partial charge in [-0.1, -0.05) is 13.8 Å². The first-order chi connectivity index (χ1) is 9.71. The fourth-order valence-corrected chi connectivity index (χ4v) is 2.60. The van der Waals surface area contributed by atoms with Crippen LogP contribution in [0.3, 0.4) is 0 Å². The van der Waals surface area contributed by atoms with E-state index in [9.17, 15) is 0 Å². The van der Waals surface area contributed by atoms with Crippen molar-refractivity contribution >= 4 is 11.9 Å². The first kappa shape index (κ1) is 14.7. The van der Waals surface area contributed by atoms with Crippen LogP contribution in [0.4, 0.5) is 11.9 Å². The van der Waals surface area contributed by atoms with E-state index < -0.39 is 0 Å². The molecule has 0 aliphatic carbocycles. The molecule has 112 valence electrons. The van der Waals surface area contributed by atoms with E-state index in [1.807, 2.05) is 0 Å². The van der Waals surface area contributed by atoms with Crippen molar-refractivity contribution < 1.29 is 4.74 Å². The van der Waals surface area contributed by atoms with Crippen molar-refractivity contribution in [3.8, 4) is 6.01 Å². The van der Waals surface area contributed by atoms with Crippen LogP contribution in [0.1, 0.15) is 20.3 Å². The molecular formula is C12H23N7O. The van der Waals surface area contributed by atoms with E-state index in [1.54, 1.807) is 0 Å². The van der Waals surface area contributed by atoms with E-state index in [2.05, 4.69) is 44.0 Å². The van der Waals surface area contributed by atoms with E-state index >= 15 is 0 Å². The first-order valence-electron chi connectivity index (χ1n) is 6.97. The minimum Gasteiger partial charge on any atom is -0.467 e. The molecular weight excluding hydrogens is 258 g/mol.